The van der Waals surface area contributed by atoms with Crippen molar-refractivity contribution < 1.29 is 9.13 Å². The monoisotopic (exact) mass is 300 g/mol. The van der Waals surface area contributed by atoms with Crippen molar-refractivity contribution in [1.29, 1.82) is 0 Å². The van der Waals surface area contributed by atoms with Gasteiger partial charge in [0.25, 0.3) is 0 Å². The maximum absolute atomic E-state index is 14.1. The highest BCUT2D eigenvalue weighted by molar-refractivity contribution is 5.82. The molecule has 2 aromatic rings. The van der Waals surface area contributed by atoms with E-state index in [1.54, 1.807) is 6.07 Å². The van der Waals surface area contributed by atoms with Crippen molar-refractivity contribution in [2.24, 2.45) is 5.73 Å². The lowest BCUT2D eigenvalue weighted by molar-refractivity contribution is 0.215. The van der Waals surface area contributed by atoms with Gasteiger partial charge in [-0.05, 0) is 36.1 Å². The van der Waals surface area contributed by atoms with Gasteiger partial charge >= 0.3 is 0 Å². The summed E-state index contributed by atoms with van der Waals surface area (Å²) >= 11 is 0. The molecule has 0 aliphatic carbocycles. The lowest BCUT2D eigenvalue weighted by Crippen LogP contribution is -2.37. The fourth-order valence-electron chi connectivity index (χ4n) is 3.01. The van der Waals surface area contributed by atoms with Gasteiger partial charge in [-0.3, -0.25) is 0 Å². The van der Waals surface area contributed by atoms with Gasteiger partial charge in [0, 0.05) is 18.2 Å². The van der Waals surface area contributed by atoms with Gasteiger partial charge in [0.05, 0.1) is 12.2 Å². The molecule has 1 heterocycles. The fraction of sp³-hybridized carbons (Fsp3) is 0.333. The Morgan fingerprint density at radius 3 is 2.91 bits per heavy atom. The number of nitrogens with two attached hydrogens (primary N) is 1. The number of aryl methyl sites for hydroxylation is 2. The highest BCUT2D eigenvalue weighted by Gasteiger charge is 2.24. The van der Waals surface area contributed by atoms with Crippen LogP contribution in [0.3, 0.4) is 0 Å². The van der Waals surface area contributed by atoms with Crippen LogP contribution in [0.1, 0.15) is 18.1 Å². The van der Waals surface area contributed by atoms with E-state index in [0.717, 1.165) is 23.1 Å². The minimum Gasteiger partial charge on any atom is -0.484 e. The van der Waals surface area contributed by atoms with Crippen LogP contribution in [-0.4, -0.2) is 19.2 Å². The van der Waals surface area contributed by atoms with Gasteiger partial charge in [-0.1, -0.05) is 25.1 Å². The van der Waals surface area contributed by atoms with E-state index in [-0.39, 0.29) is 11.9 Å². The molecular weight excluding hydrogens is 279 g/mol. The summed E-state index contributed by atoms with van der Waals surface area (Å²) in [6.45, 7) is 5.17. The molecule has 2 aromatic carbocycles. The van der Waals surface area contributed by atoms with Crippen molar-refractivity contribution in [3.05, 3.63) is 47.3 Å². The first-order chi connectivity index (χ1) is 10.6. The summed E-state index contributed by atoms with van der Waals surface area (Å²) in [5, 5.41) is 3.23. The molecule has 22 heavy (non-hydrogen) atoms. The first-order valence-corrected chi connectivity index (χ1v) is 7.67. The summed E-state index contributed by atoms with van der Waals surface area (Å²) in [5.41, 5.74) is 10.6. The summed E-state index contributed by atoms with van der Waals surface area (Å²) in [6.07, 6.45) is 0.793. The second-order valence-corrected chi connectivity index (χ2v) is 5.65. The van der Waals surface area contributed by atoms with Crippen LogP contribution in [0.25, 0.3) is 11.1 Å². The van der Waals surface area contributed by atoms with E-state index in [1.165, 1.54) is 11.6 Å². The first-order valence-electron chi connectivity index (χ1n) is 7.67. The molecular formula is C18H21FN2O. The van der Waals surface area contributed by atoms with Gasteiger partial charge in [0.15, 0.2) is 5.75 Å². The van der Waals surface area contributed by atoms with Crippen molar-refractivity contribution in [3.8, 4) is 16.9 Å². The lowest BCUT2D eigenvalue weighted by atomic mass is 9.92. The van der Waals surface area contributed by atoms with Gasteiger partial charge < -0.3 is 15.8 Å². The van der Waals surface area contributed by atoms with Crippen LogP contribution in [0.15, 0.2) is 30.3 Å². The van der Waals surface area contributed by atoms with Crippen LogP contribution in [0.4, 0.5) is 10.1 Å². The molecule has 0 spiro atoms. The topological polar surface area (TPSA) is 47.3 Å². The number of fused-ring (bicyclic) bond motifs is 1. The van der Waals surface area contributed by atoms with Crippen molar-refractivity contribution in [2.75, 3.05) is 18.4 Å². The van der Waals surface area contributed by atoms with Crippen LogP contribution >= 0.6 is 0 Å². The number of rotatable bonds is 3. The zero-order valence-electron chi connectivity index (χ0n) is 12.9. The quantitative estimate of drug-likeness (QED) is 0.912. The number of ether oxygens (including phenoxy) is 1. The Morgan fingerprint density at radius 2 is 2.18 bits per heavy atom. The third kappa shape index (κ3) is 2.55. The summed E-state index contributed by atoms with van der Waals surface area (Å²) in [5.74, 6) is 0.438. The third-order valence-corrected chi connectivity index (χ3v) is 4.13. The summed E-state index contributed by atoms with van der Waals surface area (Å²) in [6, 6.07) is 9.19. The minimum atomic E-state index is -0.263. The van der Waals surface area contributed by atoms with E-state index in [9.17, 15) is 4.39 Å². The van der Waals surface area contributed by atoms with Crippen LogP contribution in [0.5, 0.6) is 5.75 Å². The average Bonchev–Trinajstić information content (AvgIpc) is 2.53. The smallest absolute Gasteiger partial charge is 0.151 e. The Kier molecular flexibility index (Phi) is 4.03. The number of hydrogen-bond acceptors (Lipinski definition) is 3. The molecule has 0 amide bonds. The minimum absolute atomic E-state index is 0.0918. The molecule has 0 bridgehead atoms. The molecule has 0 unspecified atom stereocenters. The molecule has 1 aliphatic heterocycles. The molecule has 0 aromatic heterocycles. The highest BCUT2D eigenvalue weighted by Crippen LogP contribution is 2.42. The highest BCUT2D eigenvalue weighted by atomic mass is 19.1. The van der Waals surface area contributed by atoms with Crippen molar-refractivity contribution >= 4 is 5.69 Å². The standard InChI is InChI=1S/C18H21FN2O/c1-3-12-6-4-5-11(2)17(12)15-7-13(19)8-16-18(15)22-14(9-20)10-21-16/h4-8,14,21H,3,9-10,20H2,1-2H3/t14-/m1/s1. The van der Waals surface area contributed by atoms with Crippen molar-refractivity contribution in [3.63, 3.8) is 0 Å². The fourth-order valence-corrected chi connectivity index (χ4v) is 3.01. The molecule has 4 heteroatoms. The Hall–Kier alpha value is -2.07. The molecule has 1 aliphatic rings. The molecule has 0 saturated heterocycles. The molecule has 3 rings (SSSR count). The Labute approximate surface area is 130 Å². The van der Waals surface area contributed by atoms with E-state index >= 15 is 0 Å². The van der Waals surface area contributed by atoms with Crippen LogP contribution in [0.2, 0.25) is 0 Å². The van der Waals surface area contributed by atoms with E-state index in [2.05, 4.69) is 18.3 Å². The lowest BCUT2D eigenvalue weighted by Gasteiger charge is -2.29. The number of benzene rings is 2. The van der Waals surface area contributed by atoms with Gasteiger partial charge in [-0.25, -0.2) is 4.39 Å². The number of nitrogens with one attached hydrogen (secondary N) is 1. The predicted molar refractivity (Wildman–Crippen MR) is 87.9 cm³/mol. The average molecular weight is 300 g/mol. The van der Waals surface area contributed by atoms with Crippen molar-refractivity contribution in [1.82, 2.24) is 0 Å². The number of hydrogen-bond donors (Lipinski definition) is 2. The Balaban J connectivity index is 2.22. The Morgan fingerprint density at radius 1 is 1.36 bits per heavy atom. The summed E-state index contributed by atoms with van der Waals surface area (Å²) in [7, 11) is 0. The van der Waals surface area contributed by atoms with E-state index in [0.29, 0.717) is 24.5 Å². The maximum atomic E-state index is 14.1. The zero-order chi connectivity index (χ0) is 15.7. The molecule has 116 valence electrons. The molecule has 3 N–H and O–H groups in total. The van der Waals surface area contributed by atoms with E-state index in [1.807, 2.05) is 19.1 Å². The molecule has 1 atom stereocenters. The molecule has 0 radical (unpaired) electrons. The number of anilines is 1. The van der Waals surface area contributed by atoms with Gasteiger partial charge in [-0.15, -0.1) is 0 Å². The SMILES string of the molecule is CCc1cccc(C)c1-c1cc(F)cc2c1O[C@H](CN)CN2. The third-order valence-electron chi connectivity index (χ3n) is 4.13. The van der Waals surface area contributed by atoms with Crippen LogP contribution in [0, 0.1) is 12.7 Å². The van der Waals surface area contributed by atoms with E-state index in [4.69, 9.17) is 10.5 Å². The largest absolute Gasteiger partial charge is 0.484 e. The second-order valence-electron chi connectivity index (χ2n) is 5.65. The van der Waals surface area contributed by atoms with Gasteiger partial charge in [0.1, 0.15) is 11.9 Å². The van der Waals surface area contributed by atoms with E-state index < -0.39 is 0 Å². The summed E-state index contributed by atoms with van der Waals surface area (Å²) in [4.78, 5) is 0. The van der Waals surface area contributed by atoms with Gasteiger partial charge in [0.2, 0.25) is 0 Å². The van der Waals surface area contributed by atoms with Gasteiger partial charge in [-0.2, -0.15) is 0 Å². The molecule has 3 nitrogen and oxygen atoms in total. The second kappa shape index (κ2) is 5.97. The zero-order valence-corrected chi connectivity index (χ0v) is 12.9. The maximum Gasteiger partial charge on any atom is 0.151 e. The first kappa shape index (κ1) is 14.9. The molecule has 0 saturated carbocycles. The molecule has 0 fully saturated rings. The van der Waals surface area contributed by atoms with Crippen LogP contribution in [-0.2, 0) is 6.42 Å². The number of halogens is 1. The predicted octanol–water partition coefficient (Wildman–Crippen LogP) is 3.50. The summed E-state index contributed by atoms with van der Waals surface area (Å²) < 4.78 is 20.1. The Bertz CT molecular complexity index is 700. The van der Waals surface area contributed by atoms with Crippen molar-refractivity contribution in [2.45, 2.75) is 26.4 Å². The van der Waals surface area contributed by atoms with Crippen LogP contribution < -0.4 is 15.8 Å². The normalized spacial score (nSPS) is 16.6.